The third-order valence-electron chi connectivity index (χ3n) is 8.07. The van der Waals surface area contributed by atoms with Crippen LogP contribution in [0, 0.1) is 11.3 Å². The maximum Gasteiger partial charge on any atom is 0.338 e. The molecule has 0 unspecified atom stereocenters. The summed E-state index contributed by atoms with van der Waals surface area (Å²) in [6, 6.07) is 8.20. The van der Waals surface area contributed by atoms with Crippen LogP contribution in [0.1, 0.15) is 30.1 Å². The molecule has 3 saturated carbocycles. The van der Waals surface area contributed by atoms with Crippen molar-refractivity contribution in [2.45, 2.75) is 67.8 Å². The van der Waals surface area contributed by atoms with Gasteiger partial charge in [-0.3, -0.25) is 4.79 Å². The van der Waals surface area contributed by atoms with Crippen LogP contribution < -0.4 is 0 Å². The first-order chi connectivity index (χ1) is 16.1. The normalized spacial score (nSPS) is 47.0. The summed E-state index contributed by atoms with van der Waals surface area (Å²) in [4.78, 5) is 25.9. The van der Waals surface area contributed by atoms with Gasteiger partial charge in [0, 0.05) is 12.3 Å². The Morgan fingerprint density at radius 1 is 1.09 bits per heavy atom. The zero-order valence-electron chi connectivity index (χ0n) is 18.4. The molecular weight excluding hydrogens is 452 g/mol. The minimum atomic E-state index is -1.69. The Balaban J connectivity index is 1.46. The van der Waals surface area contributed by atoms with Gasteiger partial charge in [0.2, 0.25) is 0 Å². The van der Waals surface area contributed by atoms with Gasteiger partial charge in [0.25, 0.3) is 0 Å². The Morgan fingerprint density at radius 2 is 1.79 bits per heavy atom. The maximum absolute atomic E-state index is 13.2. The Hall–Kier alpha value is -2.12. The molecule has 2 aliphatic heterocycles. The lowest BCUT2D eigenvalue weighted by atomic mass is 9.40. The van der Waals surface area contributed by atoms with Crippen LogP contribution in [-0.4, -0.2) is 98.7 Å². The third-order valence-corrected chi connectivity index (χ3v) is 8.07. The first-order valence-corrected chi connectivity index (χ1v) is 11.2. The summed E-state index contributed by atoms with van der Waals surface area (Å²) in [5.41, 5.74) is -4.08. The lowest BCUT2D eigenvalue weighted by Gasteiger charge is -2.66. The second-order valence-corrected chi connectivity index (χ2v) is 9.76. The summed E-state index contributed by atoms with van der Waals surface area (Å²) >= 11 is 0. The number of esters is 2. The second kappa shape index (κ2) is 7.95. The molecule has 0 spiro atoms. The topological polar surface area (TPSA) is 172 Å². The molecule has 5 fully saturated rings. The van der Waals surface area contributed by atoms with Crippen molar-refractivity contribution in [1.29, 1.82) is 0 Å². The van der Waals surface area contributed by atoms with Crippen LogP contribution >= 0.6 is 0 Å². The molecule has 0 radical (unpaired) electrons. The fourth-order valence-electron chi connectivity index (χ4n) is 6.19. The van der Waals surface area contributed by atoms with Gasteiger partial charge >= 0.3 is 11.9 Å². The highest BCUT2D eigenvalue weighted by molar-refractivity contribution is 5.90. The van der Waals surface area contributed by atoms with Crippen LogP contribution in [0.5, 0.6) is 0 Å². The van der Waals surface area contributed by atoms with E-state index in [2.05, 4.69) is 0 Å². The highest BCUT2D eigenvalue weighted by Gasteiger charge is 2.88. The van der Waals surface area contributed by atoms with Crippen LogP contribution in [-0.2, 0) is 23.7 Å². The van der Waals surface area contributed by atoms with Crippen molar-refractivity contribution in [1.82, 2.24) is 0 Å². The highest BCUT2D eigenvalue weighted by atomic mass is 16.7. The number of ether oxygens (including phenoxy) is 4. The monoisotopic (exact) mass is 480 g/mol. The number of aliphatic hydroxyl groups is 5. The van der Waals surface area contributed by atoms with E-state index in [0.717, 1.165) is 0 Å². The molecule has 10 atom stereocenters. The Morgan fingerprint density at radius 3 is 2.47 bits per heavy atom. The van der Waals surface area contributed by atoms with E-state index in [1.807, 2.05) is 0 Å². The van der Waals surface area contributed by atoms with Crippen LogP contribution in [0.15, 0.2) is 30.3 Å². The van der Waals surface area contributed by atoms with Crippen LogP contribution in [0.3, 0.4) is 0 Å². The lowest BCUT2D eigenvalue weighted by Crippen LogP contribution is -2.80. The van der Waals surface area contributed by atoms with Gasteiger partial charge in [-0.1, -0.05) is 18.2 Å². The average Bonchev–Trinajstić information content (AvgIpc) is 2.88. The molecule has 3 aliphatic carbocycles. The van der Waals surface area contributed by atoms with E-state index in [0.29, 0.717) is 0 Å². The first-order valence-electron chi connectivity index (χ1n) is 11.2. The number of hydrogen-bond acceptors (Lipinski definition) is 11. The highest BCUT2D eigenvalue weighted by Crippen LogP contribution is 2.73. The second-order valence-electron chi connectivity index (χ2n) is 9.76. The molecule has 0 aromatic heterocycles. The summed E-state index contributed by atoms with van der Waals surface area (Å²) in [7, 11) is 0. The van der Waals surface area contributed by atoms with E-state index in [-0.39, 0.29) is 18.4 Å². The van der Waals surface area contributed by atoms with Crippen molar-refractivity contribution in [2.24, 2.45) is 11.3 Å². The lowest BCUT2D eigenvalue weighted by molar-refractivity contribution is -0.394. The Bertz CT molecular complexity index is 969. The van der Waals surface area contributed by atoms with Gasteiger partial charge in [-0.2, -0.15) is 0 Å². The van der Waals surface area contributed by atoms with Gasteiger partial charge < -0.3 is 44.5 Å². The van der Waals surface area contributed by atoms with Gasteiger partial charge in [-0.05, 0) is 25.5 Å². The van der Waals surface area contributed by atoms with Crippen molar-refractivity contribution in [2.75, 3.05) is 13.2 Å². The van der Waals surface area contributed by atoms with Gasteiger partial charge in [-0.15, -0.1) is 0 Å². The molecule has 5 aliphatic rings. The summed E-state index contributed by atoms with van der Waals surface area (Å²) in [6.45, 7) is 0.508. The summed E-state index contributed by atoms with van der Waals surface area (Å²) in [6.07, 6.45) is -8.41. The molecule has 1 aromatic rings. The van der Waals surface area contributed by atoms with E-state index in [4.69, 9.17) is 18.9 Å². The minimum absolute atomic E-state index is 0.0508. The minimum Gasteiger partial charge on any atom is -0.461 e. The average molecular weight is 480 g/mol. The molecule has 11 nitrogen and oxygen atoms in total. The molecule has 186 valence electrons. The third kappa shape index (κ3) is 2.95. The number of benzene rings is 1. The predicted molar refractivity (Wildman–Crippen MR) is 110 cm³/mol. The van der Waals surface area contributed by atoms with Gasteiger partial charge in [0.15, 0.2) is 6.29 Å². The summed E-state index contributed by atoms with van der Waals surface area (Å²) in [5, 5.41) is 51.0. The van der Waals surface area contributed by atoms with E-state index in [9.17, 15) is 35.1 Å². The van der Waals surface area contributed by atoms with Gasteiger partial charge in [-0.25, -0.2) is 4.79 Å². The van der Waals surface area contributed by atoms with Crippen LogP contribution in [0.2, 0.25) is 0 Å². The summed E-state index contributed by atoms with van der Waals surface area (Å²) < 4.78 is 22.9. The largest absolute Gasteiger partial charge is 0.461 e. The van der Waals surface area contributed by atoms with E-state index < -0.39 is 84.5 Å². The smallest absolute Gasteiger partial charge is 0.338 e. The molecule has 6 rings (SSSR count). The molecule has 11 heteroatoms. The van der Waals surface area contributed by atoms with Crippen molar-refractivity contribution < 1.29 is 54.1 Å². The Kier molecular flexibility index (Phi) is 5.52. The molecule has 4 bridgehead atoms. The summed E-state index contributed by atoms with van der Waals surface area (Å²) in [5.74, 6) is -2.00. The predicted octanol–water partition coefficient (Wildman–Crippen LogP) is -1.51. The number of rotatable bonds is 6. The Labute approximate surface area is 194 Å². The first kappa shape index (κ1) is 23.6. The van der Waals surface area contributed by atoms with Crippen LogP contribution in [0.4, 0.5) is 0 Å². The fraction of sp³-hybridized carbons (Fsp3) is 0.652. The number of aliphatic hydroxyl groups excluding tert-OH is 5. The number of hydrogen-bond donors (Lipinski definition) is 5. The molecule has 34 heavy (non-hydrogen) atoms. The van der Waals surface area contributed by atoms with Gasteiger partial charge in [0.1, 0.15) is 47.6 Å². The zero-order valence-corrected chi connectivity index (χ0v) is 18.4. The van der Waals surface area contributed by atoms with Crippen molar-refractivity contribution in [3.8, 4) is 0 Å². The van der Waals surface area contributed by atoms with E-state index in [1.165, 1.54) is 0 Å². The molecule has 2 saturated heterocycles. The van der Waals surface area contributed by atoms with E-state index in [1.54, 1.807) is 37.3 Å². The van der Waals surface area contributed by atoms with E-state index >= 15 is 0 Å². The molecule has 5 N–H and O–H groups in total. The maximum atomic E-state index is 13.2. The fourth-order valence-corrected chi connectivity index (χ4v) is 6.19. The van der Waals surface area contributed by atoms with Gasteiger partial charge in [0.05, 0.1) is 18.3 Å². The van der Waals surface area contributed by atoms with Crippen molar-refractivity contribution >= 4 is 11.9 Å². The number of carbonyl (C=O) groups excluding carboxylic acids is 2. The van der Waals surface area contributed by atoms with Crippen molar-refractivity contribution in [3.63, 3.8) is 0 Å². The molecule has 1 aromatic carbocycles. The standard InChI is InChI=1S/C23H28O11/c1-21-8-13(25)12-7-23(21,33-19-17(28)16(27)15(26)14(9-24)32-19)22(12,20(30)34-21)10-31-18(29)11-5-3-2-4-6-11/h2-6,12-17,19,24-28H,7-10H2,1H3/t12-,13-,14+,15+,16-,17+,19-,21-,22-,23+/m0/s1. The van der Waals surface area contributed by atoms with Crippen LogP contribution in [0.25, 0.3) is 0 Å². The molecule has 0 amide bonds. The molecular formula is C23H28O11. The number of carbonyl (C=O) groups is 2. The SMILES string of the molecule is C[C@]12C[C@H](O)[C@@H]3C[C@]1(O[C@@H]1O[C@H](CO)[C@@H](O)[C@H](O)[C@H]1O)[C@]3(COC(=O)c1ccccc1)C(=O)O2. The zero-order chi connectivity index (χ0) is 24.5. The van der Waals surface area contributed by atoms with Crippen molar-refractivity contribution in [3.05, 3.63) is 35.9 Å². The quantitative estimate of drug-likeness (QED) is 0.300. The number of fused-ring (bicyclic) bond motifs is 1. The molecule has 2 heterocycles.